The minimum Gasteiger partial charge on any atom is -0.383 e. The lowest BCUT2D eigenvalue weighted by molar-refractivity contribution is 0.0642. The highest BCUT2D eigenvalue weighted by molar-refractivity contribution is 4.89. The number of ether oxygens (including phenoxy) is 1. The summed E-state index contributed by atoms with van der Waals surface area (Å²) >= 11 is 0. The van der Waals surface area contributed by atoms with Crippen LogP contribution >= 0.6 is 0 Å². The molecule has 15 heavy (non-hydrogen) atoms. The van der Waals surface area contributed by atoms with Crippen LogP contribution in [0.2, 0.25) is 0 Å². The van der Waals surface area contributed by atoms with Crippen LogP contribution in [0.4, 0.5) is 0 Å². The minimum absolute atomic E-state index is 0.527. The number of likely N-dealkylation sites (N-methyl/N-ethyl adjacent to an activating group) is 1. The largest absolute Gasteiger partial charge is 0.383 e. The van der Waals surface area contributed by atoms with Gasteiger partial charge in [-0.05, 0) is 25.9 Å². The number of hydrogen-bond acceptors (Lipinski definition) is 3. The van der Waals surface area contributed by atoms with Crippen LogP contribution in [0.1, 0.15) is 27.2 Å². The molecule has 0 radical (unpaired) electrons. The zero-order chi connectivity index (χ0) is 11.3. The van der Waals surface area contributed by atoms with Crippen molar-refractivity contribution in [1.82, 2.24) is 10.2 Å². The fourth-order valence-corrected chi connectivity index (χ4v) is 2.73. The second-order valence-electron chi connectivity index (χ2n) is 4.53. The van der Waals surface area contributed by atoms with Crippen molar-refractivity contribution in [2.24, 2.45) is 5.92 Å². The SMILES string of the molecule is CCC1CNCC1N(CC)C(C)COC. The molecule has 0 aliphatic carbocycles. The molecule has 1 N–H and O–H groups in total. The highest BCUT2D eigenvalue weighted by Gasteiger charge is 2.32. The van der Waals surface area contributed by atoms with E-state index in [0.717, 1.165) is 25.6 Å². The Hall–Kier alpha value is -0.120. The molecular formula is C12H26N2O. The van der Waals surface area contributed by atoms with Gasteiger partial charge < -0.3 is 10.1 Å². The summed E-state index contributed by atoms with van der Waals surface area (Å²) in [5.74, 6) is 0.809. The molecule has 1 fully saturated rings. The predicted octanol–water partition coefficient (Wildman–Crippen LogP) is 1.34. The fourth-order valence-electron chi connectivity index (χ4n) is 2.73. The van der Waals surface area contributed by atoms with Crippen LogP contribution in [0.25, 0.3) is 0 Å². The van der Waals surface area contributed by atoms with Crippen LogP contribution in [0.15, 0.2) is 0 Å². The molecule has 1 rings (SSSR count). The third-order valence-corrected chi connectivity index (χ3v) is 3.59. The van der Waals surface area contributed by atoms with Crippen LogP contribution < -0.4 is 5.32 Å². The van der Waals surface area contributed by atoms with E-state index < -0.39 is 0 Å². The Bertz CT molecular complexity index is 175. The van der Waals surface area contributed by atoms with E-state index in [2.05, 4.69) is 31.0 Å². The van der Waals surface area contributed by atoms with E-state index in [9.17, 15) is 0 Å². The Kier molecular flexibility index (Phi) is 5.58. The van der Waals surface area contributed by atoms with E-state index in [-0.39, 0.29) is 0 Å². The minimum atomic E-state index is 0.527. The van der Waals surface area contributed by atoms with E-state index in [1.807, 2.05) is 0 Å². The second-order valence-corrected chi connectivity index (χ2v) is 4.53. The number of hydrogen-bond donors (Lipinski definition) is 1. The molecule has 1 saturated heterocycles. The Balaban J connectivity index is 2.56. The molecule has 3 heteroatoms. The molecule has 0 amide bonds. The summed E-state index contributed by atoms with van der Waals surface area (Å²) in [5.41, 5.74) is 0. The molecule has 3 nitrogen and oxygen atoms in total. The van der Waals surface area contributed by atoms with E-state index in [0.29, 0.717) is 12.1 Å². The molecule has 3 unspecified atom stereocenters. The Morgan fingerprint density at radius 2 is 2.13 bits per heavy atom. The number of methoxy groups -OCH3 is 1. The lowest BCUT2D eigenvalue weighted by Gasteiger charge is -2.35. The van der Waals surface area contributed by atoms with Gasteiger partial charge in [0.05, 0.1) is 6.61 Å². The van der Waals surface area contributed by atoms with Gasteiger partial charge in [0.25, 0.3) is 0 Å². The Morgan fingerprint density at radius 3 is 2.67 bits per heavy atom. The van der Waals surface area contributed by atoms with Crippen LogP contribution in [-0.4, -0.2) is 50.3 Å². The van der Waals surface area contributed by atoms with Crippen molar-refractivity contribution in [3.63, 3.8) is 0 Å². The molecular weight excluding hydrogens is 188 g/mol. The molecule has 0 aromatic carbocycles. The van der Waals surface area contributed by atoms with Gasteiger partial charge in [0.2, 0.25) is 0 Å². The third kappa shape index (κ3) is 3.16. The van der Waals surface area contributed by atoms with Crippen molar-refractivity contribution in [3.8, 4) is 0 Å². The van der Waals surface area contributed by atoms with Crippen molar-refractivity contribution in [1.29, 1.82) is 0 Å². The third-order valence-electron chi connectivity index (χ3n) is 3.59. The van der Waals surface area contributed by atoms with Gasteiger partial charge in [-0.1, -0.05) is 20.3 Å². The molecule has 0 aromatic heterocycles. The van der Waals surface area contributed by atoms with Gasteiger partial charge in [-0.2, -0.15) is 0 Å². The topological polar surface area (TPSA) is 24.5 Å². The van der Waals surface area contributed by atoms with Gasteiger partial charge >= 0.3 is 0 Å². The summed E-state index contributed by atoms with van der Waals surface area (Å²) in [7, 11) is 1.79. The summed E-state index contributed by atoms with van der Waals surface area (Å²) in [6.45, 7) is 11.1. The van der Waals surface area contributed by atoms with Crippen LogP contribution in [-0.2, 0) is 4.74 Å². The first-order valence-electron chi connectivity index (χ1n) is 6.19. The summed E-state index contributed by atoms with van der Waals surface area (Å²) < 4.78 is 5.25. The maximum Gasteiger partial charge on any atom is 0.0615 e. The molecule has 3 atom stereocenters. The standard InChI is InChI=1S/C12H26N2O/c1-5-11-7-13-8-12(11)14(6-2)10(3)9-15-4/h10-13H,5-9H2,1-4H3. The molecule has 1 aliphatic rings. The fraction of sp³-hybridized carbons (Fsp3) is 1.00. The highest BCUT2D eigenvalue weighted by Crippen LogP contribution is 2.20. The van der Waals surface area contributed by atoms with Crippen molar-refractivity contribution in [3.05, 3.63) is 0 Å². The molecule has 0 aromatic rings. The number of nitrogens with one attached hydrogen (secondary N) is 1. The van der Waals surface area contributed by atoms with Crippen molar-refractivity contribution in [2.75, 3.05) is 33.4 Å². The van der Waals surface area contributed by atoms with Crippen molar-refractivity contribution < 1.29 is 4.74 Å². The summed E-state index contributed by atoms with van der Waals surface area (Å²) in [6, 6.07) is 1.23. The van der Waals surface area contributed by atoms with Gasteiger partial charge in [0, 0.05) is 25.7 Å². The molecule has 0 bridgehead atoms. The number of rotatable bonds is 6. The molecule has 1 heterocycles. The zero-order valence-corrected chi connectivity index (χ0v) is 10.6. The second kappa shape index (κ2) is 6.46. The van der Waals surface area contributed by atoms with Gasteiger partial charge in [0.15, 0.2) is 0 Å². The smallest absolute Gasteiger partial charge is 0.0615 e. The average Bonchev–Trinajstić information content (AvgIpc) is 2.67. The summed E-state index contributed by atoms with van der Waals surface area (Å²) in [4.78, 5) is 2.58. The number of nitrogens with zero attached hydrogens (tertiary/aromatic N) is 1. The molecule has 0 saturated carbocycles. The van der Waals surface area contributed by atoms with Gasteiger partial charge in [0.1, 0.15) is 0 Å². The normalized spacial score (nSPS) is 28.6. The van der Waals surface area contributed by atoms with Crippen molar-refractivity contribution >= 4 is 0 Å². The highest BCUT2D eigenvalue weighted by atomic mass is 16.5. The maximum absolute atomic E-state index is 5.25. The average molecular weight is 214 g/mol. The monoisotopic (exact) mass is 214 g/mol. The van der Waals surface area contributed by atoms with Gasteiger partial charge in [-0.3, -0.25) is 4.90 Å². The van der Waals surface area contributed by atoms with E-state index in [1.165, 1.54) is 13.0 Å². The van der Waals surface area contributed by atoms with Crippen LogP contribution in [0.3, 0.4) is 0 Å². The molecule has 0 spiro atoms. The lowest BCUT2D eigenvalue weighted by atomic mass is 9.98. The quantitative estimate of drug-likeness (QED) is 0.722. The van der Waals surface area contributed by atoms with Crippen molar-refractivity contribution in [2.45, 2.75) is 39.3 Å². The van der Waals surface area contributed by atoms with Crippen LogP contribution in [0.5, 0.6) is 0 Å². The zero-order valence-electron chi connectivity index (χ0n) is 10.6. The summed E-state index contributed by atoms with van der Waals surface area (Å²) in [5, 5.41) is 3.50. The van der Waals surface area contributed by atoms with E-state index in [4.69, 9.17) is 4.74 Å². The maximum atomic E-state index is 5.25. The first-order chi connectivity index (χ1) is 7.24. The van der Waals surface area contributed by atoms with Gasteiger partial charge in [-0.15, -0.1) is 0 Å². The van der Waals surface area contributed by atoms with Crippen LogP contribution in [0, 0.1) is 5.92 Å². The predicted molar refractivity (Wildman–Crippen MR) is 64.2 cm³/mol. The molecule has 90 valence electrons. The van der Waals surface area contributed by atoms with E-state index >= 15 is 0 Å². The first kappa shape index (κ1) is 12.9. The summed E-state index contributed by atoms with van der Waals surface area (Å²) in [6.07, 6.45) is 1.27. The first-order valence-corrected chi connectivity index (χ1v) is 6.19. The lowest BCUT2D eigenvalue weighted by Crippen LogP contribution is -2.47. The Morgan fingerprint density at radius 1 is 1.40 bits per heavy atom. The van der Waals surface area contributed by atoms with E-state index in [1.54, 1.807) is 7.11 Å². The van der Waals surface area contributed by atoms with Gasteiger partial charge in [-0.25, -0.2) is 0 Å². The Labute approximate surface area is 94.2 Å². The molecule has 1 aliphatic heterocycles.